The second-order valence-electron chi connectivity index (χ2n) is 5.72. The van der Waals surface area contributed by atoms with E-state index in [0.29, 0.717) is 12.8 Å². The van der Waals surface area contributed by atoms with Gasteiger partial charge >= 0.3 is 7.68 Å². The van der Waals surface area contributed by atoms with Crippen molar-refractivity contribution in [3.8, 4) is 0 Å². The summed E-state index contributed by atoms with van der Waals surface area (Å²) in [5.74, 6) is 0. The highest BCUT2D eigenvalue weighted by Gasteiger charge is 2.36. The van der Waals surface area contributed by atoms with Crippen molar-refractivity contribution in [2.24, 2.45) is 0 Å². The molecule has 0 amide bonds. The fraction of sp³-hybridized carbons (Fsp3) is 0.263. The first-order valence-electron chi connectivity index (χ1n) is 7.69. The molecule has 0 aliphatic rings. The Labute approximate surface area is 131 Å². The van der Waals surface area contributed by atoms with Crippen LogP contribution in [0.1, 0.15) is 32.3 Å². The SMILES string of the molecule is CCC(CC)(c1cccc2cc3ccccc3cc12)P(=O)=O. The van der Waals surface area contributed by atoms with Crippen molar-refractivity contribution >= 4 is 29.2 Å². The fourth-order valence-corrected chi connectivity index (χ4v) is 4.27. The molecular formula is C19H19O2P. The predicted octanol–water partition coefficient (Wildman–Crippen LogP) is 6.18. The molecule has 22 heavy (non-hydrogen) atoms. The van der Waals surface area contributed by atoms with E-state index < -0.39 is 12.8 Å². The maximum absolute atomic E-state index is 12.0. The summed E-state index contributed by atoms with van der Waals surface area (Å²) in [4.78, 5) is 0. The average molecular weight is 310 g/mol. The second kappa shape index (κ2) is 5.70. The summed E-state index contributed by atoms with van der Waals surface area (Å²) in [6.07, 6.45) is 1.18. The van der Waals surface area contributed by atoms with Gasteiger partial charge in [-0.25, -0.2) is 9.13 Å². The lowest BCUT2D eigenvalue weighted by Crippen LogP contribution is -2.18. The van der Waals surface area contributed by atoms with E-state index in [2.05, 4.69) is 30.3 Å². The minimum absolute atomic E-state index is 0.591. The van der Waals surface area contributed by atoms with Crippen LogP contribution in [-0.4, -0.2) is 0 Å². The van der Waals surface area contributed by atoms with Crippen LogP contribution >= 0.6 is 7.68 Å². The number of rotatable bonds is 4. The Morgan fingerprint density at radius 1 is 0.818 bits per heavy atom. The summed E-state index contributed by atoms with van der Waals surface area (Å²) in [6.45, 7) is 3.91. The molecule has 0 N–H and O–H groups in total. The molecule has 0 saturated carbocycles. The number of hydrogen-bond acceptors (Lipinski definition) is 2. The van der Waals surface area contributed by atoms with Crippen LogP contribution in [0.5, 0.6) is 0 Å². The third-order valence-electron chi connectivity index (χ3n) is 4.77. The Balaban J connectivity index is 2.41. The van der Waals surface area contributed by atoms with Crippen molar-refractivity contribution in [3.05, 3.63) is 60.2 Å². The van der Waals surface area contributed by atoms with Crippen LogP contribution in [0.3, 0.4) is 0 Å². The van der Waals surface area contributed by atoms with Crippen LogP contribution in [-0.2, 0) is 14.3 Å². The summed E-state index contributed by atoms with van der Waals surface area (Å²) in [6, 6.07) is 18.4. The third-order valence-corrected chi connectivity index (χ3v) is 6.34. The summed E-state index contributed by atoms with van der Waals surface area (Å²) < 4.78 is 24.1. The molecule has 3 aromatic carbocycles. The Morgan fingerprint density at radius 2 is 1.41 bits per heavy atom. The highest BCUT2D eigenvalue weighted by molar-refractivity contribution is 7.32. The van der Waals surface area contributed by atoms with Gasteiger partial charge in [0.15, 0.2) is 0 Å². The van der Waals surface area contributed by atoms with E-state index in [-0.39, 0.29) is 0 Å². The Morgan fingerprint density at radius 3 is 2.00 bits per heavy atom. The van der Waals surface area contributed by atoms with Crippen LogP contribution < -0.4 is 0 Å². The van der Waals surface area contributed by atoms with Gasteiger partial charge in [-0.05, 0) is 52.1 Å². The molecule has 0 spiro atoms. The molecule has 0 bridgehead atoms. The standard InChI is InChI=1S/C19H19O2P/c1-3-19(4-2,22(20)21)18-11-7-10-16-12-14-8-5-6-9-15(14)13-17(16)18/h5-13H,3-4H2,1-2H3. The van der Waals surface area contributed by atoms with E-state index in [1.807, 2.05) is 38.1 Å². The van der Waals surface area contributed by atoms with E-state index in [1.165, 1.54) is 5.39 Å². The van der Waals surface area contributed by atoms with E-state index in [1.54, 1.807) is 0 Å². The van der Waals surface area contributed by atoms with Crippen molar-refractivity contribution in [3.63, 3.8) is 0 Å². The molecule has 0 aliphatic heterocycles. The predicted molar refractivity (Wildman–Crippen MR) is 92.0 cm³/mol. The first-order valence-corrected chi connectivity index (χ1v) is 8.86. The summed E-state index contributed by atoms with van der Waals surface area (Å²) >= 11 is 0. The average Bonchev–Trinajstić information content (AvgIpc) is 2.54. The lowest BCUT2D eigenvalue weighted by molar-refractivity contribution is 0.454. The molecule has 0 heterocycles. The summed E-state index contributed by atoms with van der Waals surface area (Å²) in [5, 5.41) is 3.68. The van der Waals surface area contributed by atoms with Gasteiger partial charge in [-0.15, -0.1) is 0 Å². The monoisotopic (exact) mass is 310 g/mol. The zero-order valence-corrected chi connectivity index (χ0v) is 13.8. The third kappa shape index (κ3) is 2.19. The van der Waals surface area contributed by atoms with Crippen molar-refractivity contribution < 1.29 is 9.13 Å². The van der Waals surface area contributed by atoms with Crippen LogP contribution in [0.25, 0.3) is 21.5 Å². The molecule has 0 radical (unpaired) electrons. The van der Waals surface area contributed by atoms with E-state index in [0.717, 1.165) is 21.7 Å². The van der Waals surface area contributed by atoms with Gasteiger partial charge in [-0.3, -0.25) is 0 Å². The zero-order chi connectivity index (χ0) is 15.7. The van der Waals surface area contributed by atoms with Crippen molar-refractivity contribution in [1.82, 2.24) is 0 Å². The fourth-order valence-electron chi connectivity index (χ4n) is 3.36. The van der Waals surface area contributed by atoms with Crippen molar-refractivity contribution in [2.45, 2.75) is 31.8 Å². The van der Waals surface area contributed by atoms with Gasteiger partial charge in [0.05, 0.1) is 0 Å². The summed E-state index contributed by atoms with van der Waals surface area (Å²) in [7, 11) is -2.54. The van der Waals surface area contributed by atoms with Crippen molar-refractivity contribution in [2.75, 3.05) is 0 Å². The molecule has 0 aliphatic carbocycles. The van der Waals surface area contributed by atoms with Crippen molar-refractivity contribution in [1.29, 1.82) is 0 Å². The van der Waals surface area contributed by atoms with E-state index in [4.69, 9.17) is 0 Å². The van der Waals surface area contributed by atoms with Crippen LogP contribution in [0.15, 0.2) is 54.6 Å². The molecule has 0 saturated heterocycles. The number of hydrogen-bond donors (Lipinski definition) is 0. The lowest BCUT2D eigenvalue weighted by Gasteiger charge is -2.25. The maximum atomic E-state index is 12.0. The first-order chi connectivity index (χ1) is 10.6. The quantitative estimate of drug-likeness (QED) is 0.426. The Hall–Kier alpha value is -1.92. The molecule has 0 atom stereocenters. The molecular weight excluding hydrogens is 291 g/mol. The van der Waals surface area contributed by atoms with Gasteiger partial charge in [0.25, 0.3) is 0 Å². The van der Waals surface area contributed by atoms with Gasteiger partial charge in [0.1, 0.15) is 5.16 Å². The second-order valence-corrected chi connectivity index (χ2v) is 7.09. The van der Waals surface area contributed by atoms with Gasteiger partial charge in [0, 0.05) is 0 Å². The number of benzene rings is 3. The molecule has 0 aromatic heterocycles. The topological polar surface area (TPSA) is 34.1 Å². The smallest absolute Gasteiger partial charge is 0.236 e. The van der Waals surface area contributed by atoms with Crippen LogP contribution in [0.4, 0.5) is 0 Å². The molecule has 0 fully saturated rings. The van der Waals surface area contributed by atoms with Crippen LogP contribution in [0, 0.1) is 0 Å². The Bertz CT molecular complexity index is 898. The largest absolute Gasteiger partial charge is 0.326 e. The molecule has 3 rings (SSSR count). The van der Waals surface area contributed by atoms with Gasteiger partial charge in [0.2, 0.25) is 0 Å². The highest BCUT2D eigenvalue weighted by atomic mass is 31.1. The molecule has 0 unspecified atom stereocenters. The summed E-state index contributed by atoms with van der Waals surface area (Å²) in [5.41, 5.74) is 0.928. The lowest BCUT2D eigenvalue weighted by atomic mass is 9.87. The van der Waals surface area contributed by atoms with Gasteiger partial charge in [-0.2, -0.15) is 0 Å². The van der Waals surface area contributed by atoms with E-state index in [9.17, 15) is 9.13 Å². The van der Waals surface area contributed by atoms with E-state index >= 15 is 0 Å². The zero-order valence-electron chi connectivity index (χ0n) is 12.9. The normalized spacial score (nSPS) is 11.9. The van der Waals surface area contributed by atoms with Gasteiger partial charge in [-0.1, -0.05) is 56.3 Å². The van der Waals surface area contributed by atoms with Gasteiger partial charge < -0.3 is 0 Å². The first kappa shape index (κ1) is 15.0. The maximum Gasteiger partial charge on any atom is 0.326 e. The highest BCUT2D eigenvalue weighted by Crippen LogP contribution is 2.48. The number of fused-ring (bicyclic) bond motifs is 2. The minimum atomic E-state index is -2.54. The van der Waals surface area contributed by atoms with Crippen LogP contribution in [0.2, 0.25) is 0 Å². The molecule has 2 nitrogen and oxygen atoms in total. The molecule has 3 heteroatoms. The minimum Gasteiger partial charge on any atom is -0.236 e. The molecule has 3 aromatic rings. The Kier molecular flexibility index (Phi) is 3.88. The molecule has 112 valence electrons.